The van der Waals surface area contributed by atoms with Crippen LogP contribution in [0.5, 0.6) is 0 Å². The van der Waals surface area contributed by atoms with E-state index in [2.05, 4.69) is 78.9 Å². The van der Waals surface area contributed by atoms with Gasteiger partial charge in [0.1, 0.15) is 0 Å². The summed E-state index contributed by atoms with van der Waals surface area (Å²) in [5, 5.41) is 0. The van der Waals surface area contributed by atoms with Gasteiger partial charge >= 0.3 is 8.84 Å². The minimum atomic E-state index is -1.76. The van der Waals surface area contributed by atoms with Crippen molar-refractivity contribution >= 4 is 20.0 Å². The van der Waals surface area contributed by atoms with Crippen LogP contribution in [0.25, 0.3) is 11.1 Å². The van der Waals surface area contributed by atoms with Crippen molar-refractivity contribution in [3.63, 3.8) is 0 Å². The molecule has 1 fully saturated rings. The number of hydrogen-bond acceptors (Lipinski definition) is 1. The Bertz CT molecular complexity index is 1060. The van der Waals surface area contributed by atoms with Crippen LogP contribution in [0.15, 0.2) is 85.5 Å². The smallest absolute Gasteiger partial charge is 0.377 e. The summed E-state index contributed by atoms with van der Waals surface area (Å²) in [6.45, 7) is 5.42. The van der Waals surface area contributed by atoms with Crippen LogP contribution in [0.3, 0.4) is 0 Å². The van der Waals surface area contributed by atoms with Crippen molar-refractivity contribution in [2.45, 2.75) is 57.5 Å². The molecule has 0 bridgehead atoms. The molecule has 0 unspecified atom stereocenters. The van der Waals surface area contributed by atoms with Crippen LogP contribution in [0.1, 0.15) is 61.3 Å². The van der Waals surface area contributed by atoms with Gasteiger partial charge in [0.25, 0.3) is 0 Å². The molecular weight excluding hydrogens is 478 g/mol. The zero-order valence-electron chi connectivity index (χ0n) is 21.2. The average molecular weight is 516 g/mol. The molecule has 180 valence electrons. The van der Waals surface area contributed by atoms with Crippen molar-refractivity contribution in [2.24, 2.45) is 5.92 Å². The van der Waals surface area contributed by atoms with Crippen molar-refractivity contribution in [3.8, 4) is 0 Å². The Morgan fingerprint density at radius 2 is 1.49 bits per heavy atom. The largest absolute Gasteiger partial charge is 0.395 e. The van der Waals surface area contributed by atoms with Crippen molar-refractivity contribution in [3.05, 3.63) is 108 Å². The third-order valence-electron chi connectivity index (χ3n) is 7.30. The Kier molecular flexibility index (Phi) is 10.5. The summed E-state index contributed by atoms with van der Waals surface area (Å²) in [5.74, 6) is 0.261. The van der Waals surface area contributed by atoms with E-state index in [4.69, 9.17) is 0 Å². The molecule has 0 amide bonds. The second-order valence-corrected chi connectivity index (χ2v) is 11.5. The number of benzene rings is 2. The summed E-state index contributed by atoms with van der Waals surface area (Å²) >= 11 is 0. The molecule has 5 rings (SSSR count). The third kappa shape index (κ3) is 6.58. The average Bonchev–Trinajstić information content (AvgIpc) is 3.23. The zero-order valence-corrected chi connectivity index (χ0v) is 23.7. The van der Waals surface area contributed by atoms with E-state index in [0.717, 1.165) is 12.5 Å². The summed E-state index contributed by atoms with van der Waals surface area (Å²) in [5.41, 5.74) is 8.15. The molecule has 0 radical (unpaired) electrons. The Balaban J connectivity index is 0.000000521. The van der Waals surface area contributed by atoms with Gasteiger partial charge in [-0.15, -0.1) is 0 Å². The van der Waals surface area contributed by atoms with E-state index in [1.807, 2.05) is 19.1 Å². The molecule has 0 aliphatic heterocycles. The number of hydrogen-bond donors (Lipinski definition) is 0. The first kappa shape index (κ1) is 27.5. The molecule has 0 spiro atoms. The molecule has 1 saturated carbocycles. The normalized spacial score (nSPS) is 16.9. The van der Waals surface area contributed by atoms with E-state index >= 15 is 0 Å². The van der Waals surface area contributed by atoms with E-state index in [9.17, 15) is 4.46 Å². The second-order valence-electron chi connectivity index (χ2n) is 9.58. The van der Waals surface area contributed by atoms with Crippen molar-refractivity contribution in [1.29, 1.82) is 0 Å². The molecule has 3 aliphatic rings. The first-order valence-corrected chi connectivity index (χ1v) is 14.3. The van der Waals surface area contributed by atoms with Crippen LogP contribution in [-0.4, -0.2) is 26.5 Å². The fraction of sp³-hybridized carbons (Fsp3) is 0.355. The monoisotopic (exact) mass is 515 g/mol. The van der Waals surface area contributed by atoms with Gasteiger partial charge in [0, 0.05) is 46.8 Å². The van der Waals surface area contributed by atoms with Crippen LogP contribution >= 0.6 is 0 Å². The Labute approximate surface area is 228 Å². The standard InChI is InChI=1S/C26H29NOSi.C5H8.Ti/c1-27(22-11-3-2-4-12-22)29(28)18-19-15-25-23-13-7-5-9-20(23)17-21-10-6-8-14-24(21)26(25)16-19;1-3-5-4-2;/h5-10,13-16,19,22H,2-4,11-12,17-18H2,1H3;3-5H,1H2,2H3;. The van der Waals surface area contributed by atoms with E-state index < -0.39 is 8.84 Å². The maximum absolute atomic E-state index is 13.2. The molecule has 0 saturated heterocycles. The Morgan fingerprint density at radius 1 is 0.943 bits per heavy atom. The van der Waals surface area contributed by atoms with E-state index in [0.29, 0.717) is 6.04 Å². The van der Waals surface area contributed by atoms with E-state index in [1.54, 1.807) is 6.08 Å². The number of fused-ring (bicyclic) bond motifs is 5. The molecule has 0 atom stereocenters. The van der Waals surface area contributed by atoms with Gasteiger partial charge in [-0.05, 0) is 59.6 Å². The number of allylic oxidation sites excluding steroid dienone is 7. The topological polar surface area (TPSA) is 20.3 Å². The molecule has 2 aromatic carbocycles. The molecule has 0 aromatic heterocycles. The fourth-order valence-electron chi connectivity index (χ4n) is 5.48. The van der Waals surface area contributed by atoms with Gasteiger partial charge in [-0.1, -0.05) is 105 Å². The van der Waals surface area contributed by atoms with Gasteiger partial charge in [0.2, 0.25) is 0 Å². The summed E-state index contributed by atoms with van der Waals surface area (Å²) in [6, 6.07) is 18.8. The molecule has 0 heterocycles. The molecule has 2 nitrogen and oxygen atoms in total. The van der Waals surface area contributed by atoms with Crippen LogP contribution in [-0.2, 0) is 32.6 Å². The Hall–Kier alpha value is -2.07. The molecular formula is C31H37NOSiTi. The maximum Gasteiger partial charge on any atom is 0.395 e. The fourth-order valence-corrected chi connectivity index (χ4v) is 7.07. The third-order valence-corrected chi connectivity index (χ3v) is 9.27. The summed E-state index contributed by atoms with van der Waals surface area (Å²) < 4.78 is 15.4. The van der Waals surface area contributed by atoms with Gasteiger partial charge in [0.15, 0.2) is 0 Å². The van der Waals surface area contributed by atoms with Crippen LogP contribution in [0, 0.1) is 5.92 Å². The quantitative estimate of drug-likeness (QED) is 0.302. The van der Waals surface area contributed by atoms with Gasteiger partial charge in [-0.3, -0.25) is 0 Å². The Morgan fingerprint density at radius 3 is 1.97 bits per heavy atom. The van der Waals surface area contributed by atoms with Crippen molar-refractivity contribution in [1.82, 2.24) is 4.57 Å². The van der Waals surface area contributed by atoms with Gasteiger partial charge in [0.05, 0.1) is 0 Å². The van der Waals surface area contributed by atoms with Crippen LogP contribution < -0.4 is 0 Å². The number of rotatable bonds is 5. The van der Waals surface area contributed by atoms with Gasteiger partial charge < -0.3 is 9.03 Å². The molecule has 4 heteroatoms. The minimum Gasteiger partial charge on any atom is -0.377 e. The second kappa shape index (κ2) is 13.3. The van der Waals surface area contributed by atoms with Gasteiger partial charge in [-0.2, -0.15) is 0 Å². The van der Waals surface area contributed by atoms with Crippen LogP contribution in [0.4, 0.5) is 0 Å². The van der Waals surface area contributed by atoms with Crippen molar-refractivity contribution < 1.29 is 26.2 Å². The maximum atomic E-state index is 13.2. The molecule has 0 N–H and O–H groups in total. The van der Waals surface area contributed by atoms with E-state index in [1.165, 1.54) is 65.5 Å². The summed E-state index contributed by atoms with van der Waals surface area (Å²) in [7, 11) is 0.333. The van der Waals surface area contributed by atoms with Gasteiger partial charge in [-0.25, -0.2) is 0 Å². The van der Waals surface area contributed by atoms with Crippen molar-refractivity contribution in [2.75, 3.05) is 7.05 Å². The summed E-state index contributed by atoms with van der Waals surface area (Å²) in [6.07, 6.45) is 17.7. The molecule has 2 aromatic rings. The first-order valence-electron chi connectivity index (χ1n) is 12.7. The predicted octanol–water partition coefficient (Wildman–Crippen LogP) is 7.62. The minimum absolute atomic E-state index is 0. The summed E-state index contributed by atoms with van der Waals surface area (Å²) in [4.78, 5) is 0. The van der Waals surface area contributed by atoms with Crippen LogP contribution in [0.2, 0.25) is 6.04 Å². The molecule has 35 heavy (non-hydrogen) atoms. The predicted molar refractivity (Wildman–Crippen MR) is 146 cm³/mol. The number of nitrogens with zero attached hydrogens (tertiary/aromatic N) is 1. The SMILES string of the molecule is C=CC=CC.CN(C1CCCCC1)[Si](=O)CC1C=C2C(=C1)c1ccccc1Cc1ccccc12.[Ti]. The first-order chi connectivity index (χ1) is 16.6. The zero-order chi connectivity index (χ0) is 23.9. The molecule has 3 aliphatic carbocycles. The van der Waals surface area contributed by atoms with E-state index in [-0.39, 0.29) is 27.6 Å².